The molecule has 3 rings (SSSR count). The molecule has 0 atom stereocenters. The first-order valence-corrected chi connectivity index (χ1v) is 8.14. The van der Waals surface area contributed by atoms with E-state index >= 15 is 0 Å². The topological polar surface area (TPSA) is 59.4 Å². The van der Waals surface area contributed by atoms with Gasteiger partial charge in [-0.2, -0.15) is 5.10 Å². The molecule has 24 heavy (non-hydrogen) atoms. The highest BCUT2D eigenvalue weighted by molar-refractivity contribution is 5.89. The number of rotatable bonds is 2. The smallest absolute Gasteiger partial charge is 0.322 e. The summed E-state index contributed by atoms with van der Waals surface area (Å²) in [5.41, 5.74) is 2.95. The van der Waals surface area contributed by atoms with Crippen molar-refractivity contribution in [2.75, 3.05) is 19.0 Å². The number of urea groups is 1. The van der Waals surface area contributed by atoms with Crippen LogP contribution < -0.4 is 10.1 Å². The number of methoxy groups -OCH3 is 1. The summed E-state index contributed by atoms with van der Waals surface area (Å²) in [5, 5.41) is 7.25. The van der Waals surface area contributed by atoms with Crippen LogP contribution in [0.15, 0.2) is 30.6 Å². The average Bonchev–Trinajstić information content (AvgIpc) is 3.02. The number of fused-ring (bicyclic) bond motifs is 1. The highest BCUT2D eigenvalue weighted by Crippen LogP contribution is 2.28. The van der Waals surface area contributed by atoms with Gasteiger partial charge in [-0.25, -0.2) is 4.79 Å². The molecule has 128 valence electrons. The van der Waals surface area contributed by atoms with Crippen LogP contribution in [-0.2, 0) is 18.5 Å². The second kappa shape index (κ2) is 6.19. The number of ether oxygens (including phenoxy) is 1. The van der Waals surface area contributed by atoms with E-state index < -0.39 is 0 Å². The SMILES string of the molecule is COc1cccc2c1CCN(C(=O)Nc1cnn(C(C)(C)C)c1)C2. The number of carbonyl (C=O) groups excluding carboxylic acids is 1. The molecule has 6 nitrogen and oxygen atoms in total. The number of amides is 2. The standard InChI is InChI=1S/C18H24N4O2/c1-18(2,3)22-12-14(10-19-22)20-17(23)21-9-8-15-13(11-21)6-5-7-16(15)24-4/h5-7,10,12H,8-9,11H2,1-4H3,(H,20,23). The van der Waals surface area contributed by atoms with E-state index in [9.17, 15) is 4.79 Å². The normalized spacial score (nSPS) is 14.2. The van der Waals surface area contributed by atoms with Gasteiger partial charge in [-0.1, -0.05) is 12.1 Å². The number of nitrogens with one attached hydrogen (secondary N) is 1. The molecule has 0 bridgehead atoms. The Labute approximate surface area is 142 Å². The Morgan fingerprint density at radius 2 is 2.12 bits per heavy atom. The van der Waals surface area contributed by atoms with E-state index in [1.807, 2.05) is 27.9 Å². The first kappa shape index (κ1) is 16.4. The molecule has 1 aliphatic rings. The number of aromatic nitrogens is 2. The van der Waals surface area contributed by atoms with E-state index in [0.717, 1.165) is 17.7 Å². The van der Waals surface area contributed by atoms with Crippen LogP contribution in [-0.4, -0.2) is 34.4 Å². The number of hydrogen-bond acceptors (Lipinski definition) is 3. The molecule has 2 aromatic rings. The molecule has 1 aromatic carbocycles. The quantitative estimate of drug-likeness (QED) is 0.921. The fourth-order valence-corrected chi connectivity index (χ4v) is 2.90. The summed E-state index contributed by atoms with van der Waals surface area (Å²) in [6, 6.07) is 5.88. The molecule has 2 amide bonds. The number of nitrogens with zero attached hydrogens (tertiary/aromatic N) is 3. The molecule has 1 N–H and O–H groups in total. The van der Waals surface area contributed by atoms with Gasteiger partial charge in [-0.05, 0) is 38.8 Å². The lowest BCUT2D eigenvalue weighted by Crippen LogP contribution is -2.38. The van der Waals surface area contributed by atoms with Gasteiger partial charge in [0.2, 0.25) is 0 Å². The Kier molecular flexibility index (Phi) is 4.22. The van der Waals surface area contributed by atoms with Crippen molar-refractivity contribution in [3.05, 3.63) is 41.7 Å². The average molecular weight is 328 g/mol. The van der Waals surface area contributed by atoms with Gasteiger partial charge in [0.15, 0.2) is 0 Å². The number of anilines is 1. The van der Waals surface area contributed by atoms with Gasteiger partial charge in [-0.15, -0.1) is 0 Å². The fourth-order valence-electron chi connectivity index (χ4n) is 2.90. The maximum absolute atomic E-state index is 12.5. The summed E-state index contributed by atoms with van der Waals surface area (Å²) in [6.45, 7) is 7.47. The molecule has 0 saturated heterocycles. The lowest BCUT2D eigenvalue weighted by Gasteiger charge is -2.29. The molecular formula is C18H24N4O2. The Morgan fingerprint density at radius 3 is 2.79 bits per heavy atom. The predicted octanol–water partition coefficient (Wildman–Crippen LogP) is 3.24. The summed E-state index contributed by atoms with van der Waals surface area (Å²) in [7, 11) is 1.68. The Bertz CT molecular complexity index is 746. The van der Waals surface area contributed by atoms with Crippen molar-refractivity contribution in [1.82, 2.24) is 14.7 Å². The maximum atomic E-state index is 12.5. The maximum Gasteiger partial charge on any atom is 0.322 e. The van der Waals surface area contributed by atoms with E-state index in [4.69, 9.17) is 4.74 Å². The third-order valence-electron chi connectivity index (χ3n) is 4.25. The van der Waals surface area contributed by atoms with Gasteiger partial charge in [0.1, 0.15) is 5.75 Å². The van der Waals surface area contributed by atoms with E-state index in [-0.39, 0.29) is 11.6 Å². The summed E-state index contributed by atoms with van der Waals surface area (Å²) in [5.74, 6) is 0.902. The zero-order valence-electron chi connectivity index (χ0n) is 14.7. The van der Waals surface area contributed by atoms with Gasteiger partial charge in [-0.3, -0.25) is 4.68 Å². The van der Waals surface area contributed by atoms with E-state index in [2.05, 4.69) is 37.3 Å². The Balaban J connectivity index is 1.69. The van der Waals surface area contributed by atoms with Crippen LogP contribution in [0.3, 0.4) is 0 Å². The summed E-state index contributed by atoms with van der Waals surface area (Å²) in [4.78, 5) is 14.4. The predicted molar refractivity (Wildman–Crippen MR) is 93.3 cm³/mol. The van der Waals surface area contributed by atoms with E-state index in [1.54, 1.807) is 13.3 Å². The zero-order valence-corrected chi connectivity index (χ0v) is 14.7. The van der Waals surface area contributed by atoms with E-state index in [1.165, 1.54) is 5.56 Å². The van der Waals surface area contributed by atoms with E-state index in [0.29, 0.717) is 18.8 Å². The van der Waals surface area contributed by atoms with Gasteiger partial charge in [0, 0.05) is 24.8 Å². The highest BCUT2D eigenvalue weighted by atomic mass is 16.5. The van der Waals surface area contributed by atoms with Crippen molar-refractivity contribution in [2.45, 2.75) is 39.3 Å². The minimum atomic E-state index is -0.108. The van der Waals surface area contributed by atoms with Gasteiger partial charge >= 0.3 is 6.03 Å². The van der Waals surface area contributed by atoms with Crippen LogP contribution in [0.4, 0.5) is 10.5 Å². The van der Waals surface area contributed by atoms with Crippen LogP contribution >= 0.6 is 0 Å². The molecule has 0 radical (unpaired) electrons. The third kappa shape index (κ3) is 3.22. The highest BCUT2D eigenvalue weighted by Gasteiger charge is 2.23. The van der Waals surface area contributed by atoms with Crippen molar-refractivity contribution in [1.29, 1.82) is 0 Å². The molecule has 0 aliphatic carbocycles. The van der Waals surface area contributed by atoms with Crippen LogP contribution in [0.1, 0.15) is 31.9 Å². The van der Waals surface area contributed by atoms with Gasteiger partial charge in [0.25, 0.3) is 0 Å². The molecule has 0 spiro atoms. The molecular weight excluding hydrogens is 304 g/mol. The third-order valence-corrected chi connectivity index (χ3v) is 4.25. The molecule has 0 saturated carbocycles. The van der Waals surface area contributed by atoms with Crippen LogP contribution in [0.25, 0.3) is 0 Å². The summed E-state index contributed by atoms with van der Waals surface area (Å²) >= 11 is 0. The minimum absolute atomic E-state index is 0.100. The van der Waals surface area contributed by atoms with Crippen molar-refractivity contribution in [3.8, 4) is 5.75 Å². The van der Waals surface area contributed by atoms with Crippen LogP contribution in [0.2, 0.25) is 0 Å². The molecule has 0 fully saturated rings. The molecule has 1 aromatic heterocycles. The molecule has 6 heteroatoms. The van der Waals surface area contributed by atoms with Gasteiger partial charge < -0.3 is 15.0 Å². The number of benzene rings is 1. The van der Waals surface area contributed by atoms with Crippen LogP contribution in [0, 0.1) is 0 Å². The van der Waals surface area contributed by atoms with Crippen molar-refractivity contribution in [3.63, 3.8) is 0 Å². The number of carbonyl (C=O) groups is 1. The van der Waals surface area contributed by atoms with Crippen molar-refractivity contribution in [2.24, 2.45) is 0 Å². The second-order valence-corrected chi connectivity index (χ2v) is 7.04. The Morgan fingerprint density at radius 1 is 1.33 bits per heavy atom. The first-order chi connectivity index (χ1) is 11.4. The fraction of sp³-hybridized carbons (Fsp3) is 0.444. The first-order valence-electron chi connectivity index (χ1n) is 8.14. The molecule has 0 unspecified atom stereocenters. The number of hydrogen-bond donors (Lipinski definition) is 1. The molecule has 1 aliphatic heterocycles. The lowest BCUT2D eigenvalue weighted by molar-refractivity contribution is 0.206. The molecule has 2 heterocycles. The minimum Gasteiger partial charge on any atom is -0.496 e. The monoisotopic (exact) mass is 328 g/mol. The van der Waals surface area contributed by atoms with Gasteiger partial charge in [0.05, 0.1) is 24.5 Å². The summed E-state index contributed by atoms with van der Waals surface area (Å²) < 4.78 is 7.25. The lowest BCUT2D eigenvalue weighted by atomic mass is 9.99. The Hall–Kier alpha value is -2.50. The largest absolute Gasteiger partial charge is 0.496 e. The van der Waals surface area contributed by atoms with Crippen molar-refractivity contribution < 1.29 is 9.53 Å². The zero-order chi connectivity index (χ0) is 17.3. The summed E-state index contributed by atoms with van der Waals surface area (Å²) in [6.07, 6.45) is 4.34. The van der Waals surface area contributed by atoms with Crippen LogP contribution in [0.5, 0.6) is 5.75 Å². The van der Waals surface area contributed by atoms with Crippen molar-refractivity contribution >= 4 is 11.7 Å². The second-order valence-electron chi connectivity index (χ2n) is 7.04.